The Labute approximate surface area is 154 Å². The number of benzene rings is 1. The van der Waals surface area contributed by atoms with E-state index in [9.17, 15) is 0 Å². The van der Waals surface area contributed by atoms with Gasteiger partial charge in [-0.15, -0.1) is 19.0 Å². The van der Waals surface area contributed by atoms with Crippen molar-refractivity contribution in [1.29, 1.82) is 0 Å². The SMILES string of the molecule is C=CC(C)(Cc1ccccc1)O[Si](CCCN)(OCC)OCC.Cl. The molecule has 1 atom stereocenters. The Balaban J connectivity index is 0.00000529. The largest absolute Gasteiger partial charge is 0.501 e. The highest BCUT2D eigenvalue weighted by Gasteiger charge is 2.45. The summed E-state index contributed by atoms with van der Waals surface area (Å²) in [7, 11) is -2.78. The summed E-state index contributed by atoms with van der Waals surface area (Å²) < 4.78 is 18.5. The van der Waals surface area contributed by atoms with Crippen molar-refractivity contribution in [2.24, 2.45) is 5.73 Å². The first-order valence-corrected chi connectivity index (χ1v) is 10.3. The van der Waals surface area contributed by atoms with Crippen molar-refractivity contribution in [3.63, 3.8) is 0 Å². The van der Waals surface area contributed by atoms with E-state index in [2.05, 4.69) is 18.7 Å². The van der Waals surface area contributed by atoms with Crippen LogP contribution in [0.1, 0.15) is 32.8 Å². The molecule has 0 heterocycles. The van der Waals surface area contributed by atoms with Crippen LogP contribution < -0.4 is 5.73 Å². The van der Waals surface area contributed by atoms with Crippen molar-refractivity contribution in [3.05, 3.63) is 48.6 Å². The topological polar surface area (TPSA) is 53.7 Å². The molecule has 0 spiro atoms. The summed E-state index contributed by atoms with van der Waals surface area (Å²) in [5, 5.41) is 0. The van der Waals surface area contributed by atoms with Gasteiger partial charge in [0, 0.05) is 25.7 Å². The summed E-state index contributed by atoms with van der Waals surface area (Å²) >= 11 is 0. The zero-order chi connectivity index (χ0) is 17.2. The van der Waals surface area contributed by atoms with Gasteiger partial charge in [-0.05, 0) is 39.3 Å². The molecule has 2 N–H and O–H groups in total. The number of nitrogens with two attached hydrogens (primary N) is 1. The van der Waals surface area contributed by atoms with Gasteiger partial charge < -0.3 is 19.0 Å². The average Bonchev–Trinajstić information content (AvgIpc) is 2.54. The van der Waals surface area contributed by atoms with Crippen LogP contribution in [0.3, 0.4) is 0 Å². The summed E-state index contributed by atoms with van der Waals surface area (Å²) in [6.07, 6.45) is 3.40. The Morgan fingerprint density at radius 1 is 1.17 bits per heavy atom. The standard InChI is InChI=1S/C18H31NO3Si.ClH/c1-5-18(4,16-17-12-9-8-10-13-17)22-23(20-6-2,21-7-3)15-11-14-19;/h5,8-10,12-13H,1,6-7,11,14-16,19H2,2-4H3;1H. The lowest BCUT2D eigenvalue weighted by atomic mass is 9.97. The number of halogens is 1. The Kier molecular flexibility index (Phi) is 11.5. The van der Waals surface area contributed by atoms with Crippen molar-refractivity contribution >= 4 is 21.2 Å². The van der Waals surface area contributed by atoms with Crippen molar-refractivity contribution in [1.82, 2.24) is 0 Å². The molecule has 0 bridgehead atoms. The smallest absolute Gasteiger partial charge is 0.374 e. The van der Waals surface area contributed by atoms with E-state index in [4.69, 9.17) is 19.0 Å². The highest BCUT2D eigenvalue weighted by Crippen LogP contribution is 2.28. The van der Waals surface area contributed by atoms with Gasteiger partial charge in [0.25, 0.3) is 0 Å². The van der Waals surface area contributed by atoms with E-state index in [1.807, 2.05) is 45.0 Å². The minimum Gasteiger partial charge on any atom is -0.374 e. The van der Waals surface area contributed by atoms with E-state index in [1.54, 1.807) is 0 Å². The molecule has 0 radical (unpaired) electrons. The highest BCUT2D eigenvalue weighted by molar-refractivity contribution is 6.60. The third-order valence-corrected chi connectivity index (χ3v) is 6.83. The lowest BCUT2D eigenvalue weighted by Gasteiger charge is -2.37. The second-order valence-corrected chi connectivity index (χ2v) is 8.37. The predicted molar refractivity (Wildman–Crippen MR) is 105 cm³/mol. The fourth-order valence-corrected chi connectivity index (χ4v) is 5.54. The van der Waals surface area contributed by atoms with Crippen LogP contribution in [0, 0.1) is 0 Å². The summed E-state index contributed by atoms with van der Waals surface area (Å²) in [6, 6.07) is 11.0. The molecular weight excluding hydrogens is 342 g/mol. The zero-order valence-electron chi connectivity index (χ0n) is 15.1. The summed E-state index contributed by atoms with van der Waals surface area (Å²) in [6.45, 7) is 11.7. The van der Waals surface area contributed by atoms with Gasteiger partial charge in [0.2, 0.25) is 0 Å². The second kappa shape index (κ2) is 11.8. The monoisotopic (exact) mass is 373 g/mol. The van der Waals surface area contributed by atoms with Gasteiger partial charge in [-0.1, -0.05) is 36.4 Å². The quantitative estimate of drug-likeness (QED) is 0.445. The zero-order valence-corrected chi connectivity index (χ0v) is 16.9. The van der Waals surface area contributed by atoms with E-state index in [-0.39, 0.29) is 12.4 Å². The molecule has 24 heavy (non-hydrogen) atoms. The molecule has 0 saturated carbocycles. The molecule has 138 valence electrons. The molecule has 0 saturated heterocycles. The highest BCUT2D eigenvalue weighted by atomic mass is 35.5. The normalized spacial score (nSPS) is 13.8. The van der Waals surface area contributed by atoms with Gasteiger partial charge in [0.05, 0.1) is 5.60 Å². The Bertz CT molecular complexity index is 455. The van der Waals surface area contributed by atoms with Crippen LogP contribution in [0.25, 0.3) is 0 Å². The molecule has 1 aromatic rings. The summed E-state index contributed by atoms with van der Waals surface area (Å²) in [4.78, 5) is 0. The van der Waals surface area contributed by atoms with Gasteiger partial charge in [-0.3, -0.25) is 0 Å². The number of rotatable bonds is 12. The van der Waals surface area contributed by atoms with E-state index in [0.717, 1.165) is 18.9 Å². The van der Waals surface area contributed by atoms with Crippen LogP contribution >= 0.6 is 12.4 Å². The maximum atomic E-state index is 6.48. The third kappa shape index (κ3) is 7.47. The van der Waals surface area contributed by atoms with Gasteiger partial charge in [0.15, 0.2) is 0 Å². The van der Waals surface area contributed by atoms with E-state index < -0.39 is 14.4 Å². The second-order valence-electron chi connectivity index (χ2n) is 5.72. The molecule has 0 fully saturated rings. The first-order chi connectivity index (χ1) is 11.0. The molecule has 0 aliphatic carbocycles. The van der Waals surface area contributed by atoms with Crippen molar-refractivity contribution in [2.45, 2.75) is 45.3 Å². The molecule has 0 aliphatic heterocycles. The Morgan fingerprint density at radius 3 is 2.21 bits per heavy atom. The van der Waals surface area contributed by atoms with E-state index in [0.29, 0.717) is 19.8 Å². The molecule has 0 aliphatic rings. The molecule has 0 aromatic heterocycles. The van der Waals surface area contributed by atoms with Crippen LogP contribution in [-0.4, -0.2) is 34.2 Å². The Hall–Kier alpha value is -0.693. The molecule has 1 unspecified atom stereocenters. The molecular formula is C18H32ClNO3Si. The minimum absolute atomic E-state index is 0. The lowest BCUT2D eigenvalue weighted by Crippen LogP contribution is -2.52. The maximum Gasteiger partial charge on any atom is 0.501 e. The van der Waals surface area contributed by atoms with Crippen LogP contribution in [0.2, 0.25) is 6.04 Å². The van der Waals surface area contributed by atoms with Crippen LogP contribution in [0.5, 0.6) is 0 Å². The van der Waals surface area contributed by atoms with E-state index in [1.165, 1.54) is 5.56 Å². The number of hydrogen-bond donors (Lipinski definition) is 1. The van der Waals surface area contributed by atoms with Gasteiger partial charge >= 0.3 is 8.80 Å². The van der Waals surface area contributed by atoms with Crippen molar-refractivity contribution < 1.29 is 13.3 Å². The molecule has 4 nitrogen and oxygen atoms in total. The maximum absolute atomic E-state index is 6.48. The number of hydrogen-bond acceptors (Lipinski definition) is 4. The summed E-state index contributed by atoms with van der Waals surface area (Å²) in [5.41, 5.74) is 6.35. The van der Waals surface area contributed by atoms with E-state index >= 15 is 0 Å². The minimum atomic E-state index is -2.78. The van der Waals surface area contributed by atoms with Crippen LogP contribution in [-0.2, 0) is 19.7 Å². The predicted octanol–water partition coefficient (Wildman–Crippen LogP) is 3.97. The van der Waals surface area contributed by atoms with Crippen molar-refractivity contribution in [3.8, 4) is 0 Å². The molecule has 1 rings (SSSR count). The average molecular weight is 374 g/mol. The Morgan fingerprint density at radius 2 is 1.75 bits per heavy atom. The van der Waals surface area contributed by atoms with Gasteiger partial charge in [-0.25, -0.2) is 0 Å². The van der Waals surface area contributed by atoms with Crippen LogP contribution in [0.4, 0.5) is 0 Å². The van der Waals surface area contributed by atoms with Crippen molar-refractivity contribution in [2.75, 3.05) is 19.8 Å². The van der Waals surface area contributed by atoms with Gasteiger partial charge in [0.1, 0.15) is 0 Å². The lowest BCUT2D eigenvalue weighted by molar-refractivity contribution is 0.00486. The van der Waals surface area contributed by atoms with Gasteiger partial charge in [-0.2, -0.15) is 0 Å². The van der Waals surface area contributed by atoms with Crippen LogP contribution in [0.15, 0.2) is 43.0 Å². The molecule has 1 aromatic carbocycles. The fraction of sp³-hybridized carbons (Fsp3) is 0.556. The first kappa shape index (κ1) is 23.3. The third-order valence-electron chi connectivity index (χ3n) is 3.63. The molecule has 0 amide bonds. The fourth-order valence-electron chi connectivity index (χ4n) is 2.56. The summed E-state index contributed by atoms with van der Waals surface area (Å²) in [5.74, 6) is 0. The first-order valence-electron chi connectivity index (χ1n) is 8.38. The molecule has 6 heteroatoms.